The molecule has 0 unspecified atom stereocenters. The molecule has 0 aliphatic heterocycles. The maximum atomic E-state index is 2.34. The van der Waals surface area contributed by atoms with Gasteiger partial charge in [-0.3, -0.25) is 0 Å². The highest BCUT2D eigenvalue weighted by molar-refractivity contribution is 5.83. The molecule has 266 valence electrons. The van der Waals surface area contributed by atoms with Crippen molar-refractivity contribution in [1.82, 2.24) is 0 Å². The monoisotopic (exact) mass is 700 g/mol. The van der Waals surface area contributed by atoms with Gasteiger partial charge < -0.3 is 9.80 Å². The molecule has 0 heterocycles. The van der Waals surface area contributed by atoms with Gasteiger partial charge in [0.25, 0.3) is 0 Å². The largest absolute Gasteiger partial charge is 0.310 e. The summed E-state index contributed by atoms with van der Waals surface area (Å²) in [7, 11) is 0. The molecule has 0 aromatic heterocycles. The van der Waals surface area contributed by atoms with Crippen LogP contribution >= 0.6 is 0 Å². The predicted molar refractivity (Wildman–Crippen MR) is 235 cm³/mol. The number of nitrogens with zero attached hydrogens (tertiary/aromatic N) is 2. The van der Waals surface area contributed by atoms with E-state index in [-0.39, 0.29) is 0 Å². The van der Waals surface area contributed by atoms with Crippen LogP contribution in [0.3, 0.4) is 0 Å². The van der Waals surface area contributed by atoms with E-state index in [0.717, 1.165) is 33.9 Å². The summed E-state index contributed by atoms with van der Waals surface area (Å²) in [6.45, 7) is 13.2. The minimum absolute atomic E-state index is 1.13. The van der Waals surface area contributed by atoms with Gasteiger partial charge in [0.05, 0.1) is 0 Å². The molecule has 0 aliphatic carbocycles. The quantitative estimate of drug-likeness (QED) is 0.131. The normalized spacial score (nSPS) is 11.4. The first-order chi connectivity index (χ1) is 26.2. The average molecular weight is 701 g/mol. The van der Waals surface area contributed by atoms with Crippen molar-refractivity contribution in [2.24, 2.45) is 0 Å². The number of anilines is 6. The Morgan fingerprint density at radius 2 is 0.593 bits per heavy atom. The summed E-state index contributed by atoms with van der Waals surface area (Å²) in [5.74, 6) is 0. The number of benzene rings is 7. The van der Waals surface area contributed by atoms with E-state index in [9.17, 15) is 0 Å². The molecule has 0 fully saturated rings. The lowest BCUT2D eigenvalue weighted by molar-refractivity contribution is 1.21. The highest BCUT2D eigenvalue weighted by Gasteiger charge is 2.15. The number of rotatable bonds is 10. The van der Waals surface area contributed by atoms with Crippen LogP contribution < -0.4 is 9.80 Å². The van der Waals surface area contributed by atoms with Crippen molar-refractivity contribution in [3.8, 4) is 0 Å². The molecule has 2 heteroatoms. The van der Waals surface area contributed by atoms with Crippen LogP contribution in [0.25, 0.3) is 24.3 Å². The fourth-order valence-corrected chi connectivity index (χ4v) is 6.99. The molecule has 0 saturated carbocycles. The van der Waals surface area contributed by atoms with Crippen LogP contribution in [0.15, 0.2) is 158 Å². The third-order valence-electron chi connectivity index (χ3n) is 10.6. The summed E-state index contributed by atoms with van der Waals surface area (Å²) < 4.78 is 0. The van der Waals surface area contributed by atoms with E-state index in [1.165, 1.54) is 55.9 Å². The van der Waals surface area contributed by atoms with Crippen LogP contribution in [0.4, 0.5) is 34.1 Å². The third kappa shape index (κ3) is 7.99. The Kier molecular flexibility index (Phi) is 10.7. The molecule has 2 nitrogen and oxygen atoms in total. The van der Waals surface area contributed by atoms with Gasteiger partial charge in [0.2, 0.25) is 0 Å². The van der Waals surface area contributed by atoms with Gasteiger partial charge >= 0.3 is 0 Å². The second-order valence-corrected chi connectivity index (χ2v) is 14.2. The first kappa shape index (κ1) is 36.0. The molecule has 0 aliphatic rings. The molecule has 7 aromatic carbocycles. The van der Waals surface area contributed by atoms with Crippen LogP contribution in [-0.4, -0.2) is 0 Å². The fraction of sp³-hybridized carbons (Fsp3) is 0.115. The Labute approximate surface area is 322 Å². The second kappa shape index (κ2) is 16.1. The number of para-hydroxylation sites is 2. The molecule has 0 radical (unpaired) electrons. The Morgan fingerprint density at radius 3 is 0.926 bits per heavy atom. The summed E-state index contributed by atoms with van der Waals surface area (Å²) in [6.07, 6.45) is 8.82. The van der Waals surface area contributed by atoms with Gasteiger partial charge in [0.15, 0.2) is 0 Å². The Hall–Kier alpha value is -6.38. The molecular weight excluding hydrogens is 653 g/mol. The van der Waals surface area contributed by atoms with Crippen molar-refractivity contribution >= 4 is 58.4 Å². The zero-order chi connectivity index (χ0) is 37.6. The number of hydrogen-bond donors (Lipinski definition) is 0. The lowest BCUT2D eigenvalue weighted by atomic mass is 10.0. The van der Waals surface area contributed by atoms with E-state index in [1.54, 1.807) is 0 Å². The molecule has 0 amide bonds. The maximum absolute atomic E-state index is 2.34. The van der Waals surface area contributed by atoms with Gasteiger partial charge in [0.1, 0.15) is 0 Å². The summed E-state index contributed by atoms with van der Waals surface area (Å²) in [6, 6.07) is 56.6. The molecule has 0 N–H and O–H groups in total. The number of hydrogen-bond acceptors (Lipinski definition) is 2. The maximum Gasteiger partial charge on any atom is 0.0467 e. The van der Waals surface area contributed by atoms with Crippen molar-refractivity contribution in [3.05, 3.63) is 213 Å². The Balaban J connectivity index is 1.11. The molecule has 0 saturated heterocycles. The topological polar surface area (TPSA) is 6.48 Å². The zero-order valence-corrected chi connectivity index (χ0v) is 32.2. The smallest absolute Gasteiger partial charge is 0.0467 e. The van der Waals surface area contributed by atoms with Crippen LogP contribution in [0.2, 0.25) is 0 Å². The SMILES string of the molecule is Cc1cc(N(c2ccccc2)c2ccc(/C=C/c3ccccc3/C=C/c3ccc(N(c4ccccc4)c4cc(C)c(C)c(C)c4)cc3)cc2)cc(C)c1C. The van der Waals surface area contributed by atoms with Crippen LogP contribution in [0.5, 0.6) is 0 Å². The van der Waals surface area contributed by atoms with Gasteiger partial charge in [-0.1, -0.05) is 109 Å². The zero-order valence-electron chi connectivity index (χ0n) is 32.2. The number of aryl methyl sites for hydroxylation is 4. The second-order valence-electron chi connectivity index (χ2n) is 14.2. The van der Waals surface area contributed by atoms with Crippen LogP contribution in [0, 0.1) is 41.5 Å². The Bertz CT molecular complexity index is 2200. The summed E-state index contributed by atoms with van der Waals surface area (Å²) in [4.78, 5) is 4.67. The van der Waals surface area contributed by atoms with Gasteiger partial charge in [-0.05, 0) is 170 Å². The first-order valence-corrected chi connectivity index (χ1v) is 18.8. The van der Waals surface area contributed by atoms with Crippen molar-refractivity contribution in [3.63, 3.8) is 0 Å². The highest BCUT2D eigenvalue weighted by Crippen LogP contribution is 2.38. The van der Waals surface area contributed by atoms with Crippen LogP contribution in [-0.2, 0) is 0 Å². The van der Waals surface area contributed by atoms with E-state index in [2.05, 4.69) is 233 Å². The van der Waals surface area contributed by atoms with Crippen LogP contribution in [0.1, 0.15) is 55.6 Å². The van der Waals surface area contributed by atoms with E-state index in [1.807, 2.05) is 0 Å². The molecule has 7 rings (SSSR count). The average Bonchev–Trinajstić information content (AvgIpc) is 3.19. The van der Waals surface area contributed by atoms with Crippen molar-refractivity contribution in [2.45, 2.75) is 41.5 Å². The minimum Gasteiger partial charge on any atom is -0.310 e. The molecule has 0 bridgehead atoms. The fourth-order valence-electron chi connectivity index (χ4n) is 6.99. The first-order valence-electron chi connectivity index (χ1n) is 18.8. The molecule has 54 heavy (non-hydrogen) atoms. The summed E-state index contributed by atoms with van der Waals surface area (Å²) in [5.41, 5.74) is 19.4. The summed E-state index contributed by atoms with van der Waals surface area (Å²) in [5, 5.41) is 0. The van der Waals surface area contributed by atoms with Crippen molar-refractivity contribution in [1.29, 1.82) is 0 Å². The van der Waals surface area contributed by atoms with Gasteiger partial charge in [0, 0.05) is 34.1 Å². The van der Waals surface area contributed by atoms with E-state index >= 15 is 0 Å². The standard InChI is InChI=1S/C52H48N2/c1-37-33-51(34-38(2)41(37)5)53(47-17-9-7-10-18-47)49-29-23-43(24-30-49)21-27-45-15-13-14-16-46(45)28-22-44-25-31-50(32-26-44)54(48-19-11-8-12-20-48)52-35-39(3)42(6)40(4)36-52/h7-36H,1-6H3/b27-21+,28-22+. The van der Waals surface area contributed by atoms with Gasteiger partial charge in [-0.25, -0.2) is 0 Å². The molecule has 0 spiro atoms. The van der Waals surface area contributed by atoms with Crippen molar-refractivity contribution < 1.29 is 0 Å². The molecule has 0 atom stereocenters. The minimum atomic E-state index is 1.13. The van der Waals surface area contributed by atoms with Crippen molar-refractivity contribution in [2.75, 3.05) is 9.80 Å². The van der Waals surface area contributed by atoms with E-state index < -0.39 is 0 Å². The van der Waals surface area contributed by atoms with E-state index in [4.69, 9.17) is 0 Å². The third-order valence-corrected chi connectivity index (χ3v) is 10.6. The lowest BCUT2D eigenvalue weighted by Crippen LogP contribution is -2.10. The molecular formula is C52H48N2. The van der Waals surface area contributed by atoms with E-state index in [0.29, 0.717) is 0 Å². The Morgan fingerprint density at radius 1 is 0.296 bits per heavy atom. The predicted octanol–water partition coefficient (Wildman–Crippen LogP) is 14.8. The highest BCUT2D eigenvalue weighted by atomic mass is 15.1. The lowest BCUT2D eigenvalue weighted by Gasteiger charge is -2.27. The van der Waals surface area contributed by atoms with Gasteiger partial charge in [-0.15, -0.1) is 0 Å². The summed E-state index contributed by atoms with van der Waals surface area (Å²) >= 11 is 0. The van der Waals surface area contributed by atoms with Gasteiger partial charge in [-0.2, -0.15) is 0 Å². The molecule has 7 aromatic rings.